The molecule has 0 saturated heterocycles. The number of carbonyl (C=O) groups excluding carboxylic acids is 1. The van der Waals surface area contributed by atoms with Crippen LogP contribution in [0.5, 0.6) is 0 Å². The summed E-state index contributed by atoms with van der Waals surface area (Å²) < 4.78 is 0. The van der Waals surface area contributed by atoms with Gasteiger partial charge in [0.2, 0.25) is 5.91 Å². The summed E-state index contributed by atoms with van der Waals surface area (Å²) in [7, 11) is 0. The van der Waals surface area contributed by atoms with E-state index in [1.54, 1.807) is 0 Å². The number of aliphatic hydroxyl groups excluding tert-OH is 3. The van der Waals surface area contributed by atoms with Gasteiger partial charge in [-0.3, -0.25) is 4.79 Å². The van der Waals surface area contributed by atoms with Crippen molar-refractivity contribution in [1.29, 1.82) is 0 Å². The predicted molar refractivity (Wildman–Crippen MR) is 287 cm³/mol. The molecule has 0 rings (SSSR count). The van der Waals surface area contributed by atoms with Crippen LogP contribution in [0.3, 0.4) is 0 Å². The first-order valence-electron chi connectivity index (χ1n) is 29.6. The molecular weight excluding hydrogens is 799 g/mol. The molecule has 0 radical (unpaired) electrons. The standard InChI is InChI=1S/C60H117NO4/c1-3-5-7-9-11-13-15-17-19-20-21-22-23-24-25-26-27-28-29-30-31-32-33-34-35-36-37-38-40-41-43-45-47-49-51-53-57(63)55-60(65)61-58(56-62)59(64)54-52-50-48-46-44-42-39-18-16-14-12-10-8-6-4-2/h25-26,28-29,57-59,62-64H,3-24,27,30-56H2,1-2H3,(H,61,65)/b26-25-,29-28-. The Kier molecular flexibility index (Phi) is 54.4. The number of hydrogen-bond donors (Lipinski definition) is 4. The average Bonchev–Trinajstić information content (AvgIpc) is 3.30. The van der Waals surface area contributed by atoms with E-state index in [4.69, 9.17) is 0 Å². The van der Waals surface area contributed by atoms with Gasteiger partial charge in [0, 0.05) is 0 Å². The summed E-state index contributed by atoms with van der Waals surface area (Å²) in [5, 5.41) is 33.6. The highest BCUT2D eigenvalue weighted by molar-refractivity contribution is 5.76. The molecule has 0 aliphatic carbocycles. The van der Waals surface area contributed by atoms with Crippen LogP contribution in [0.15, 0.2) is 24.3 Å². The molecule has 0 aromatic carbocycles. The van der Waals surface area contributed by atoms with Gasteiger partial charge in [0.25, 0.3) is 0 Å². The molecule has 0 aliphatic rings. The molecule has 5 heteroatoms. The molecule has 0 saturated carbocycles. The Morgan fingerprint density at radius 1 is 0.385 bits per heavy atom. The number of carbonyl (C=O) groups is 1. The second-order valence-corrected chi connectivity index (χ2v) is 20.6. The van der Waals surface area contributed by atoms with Crippen molar-refractivity contribution < 1.29 is 20.1 Å². The molecule has 0 heterocycles. The first kappa shape index (κ1) is 63.8. The maximum Gasteiger partial charge on any atom is 0.222 e. The molecule has 0 fully saturated rings. The molecule has 65 heavy (non-hydrogen) atoms. The lowest BCUT2D eigenvalue weighted by Gasteiger charge is -2.23. The van der Waals surface area contributed by atoms with Gasteiger partial charge in [-0.2, -0.15) is 0 Å². The van der Waals surface area contributed by atoms with Gasteiger partial charge in [-0.25, -0.2) is 0 Å². The van der Waals surface area contributed by atoms with E-state index in [9.17, 15) is 20.1 Å². The number of amides is 1. The van der Waals surface area contributed by atoms with Crippen LogP contribution in [0.2, 0.25) is 0 Å². The maximum absolute atomic E-state index is 12.5. The number of hydrogen-bond acceptors (Lipinski definition) is 4. The summed E-state index contributed by atoms with van der Waals surface area (Å²) >= 11 is 0. The van der Waals surface area contributed by atoms with Gasteiger partial charge in [0.1, 0.15) is 0 Å². The summed E-state index contributed by atoms with van der Waals surface area (Å²) in [5.74, 6) is -0.278. The fourth-order valence-electron chi connectivity index (χ4n) is 9.50. The highest BCUT2D eigenvalue weighted by atomic mass is 16.3. The smallest absolute Gasteiger partial charge is 0.222 e. The minimum Gasteiger partial charge on any atom is -0.394 e. The highest BCUT2D eigenvalue weighted by Gasteiger charge is 2.21. The summed E-state index contributed by atoms with van der Waals surface area (Å²) in [5.41, 5.74) is 0. The van der Waals surface area contributed by atoms with Crippen LogP contribution in [0, 0.1) is 0 Å². The molecule has 0 aliphatic heterocycles. The molecule has 0 aromatic heterocycles. The second-order valence-electron chi connectivity index (χ2n) is 20.6. The highest BCUT2D eigenvalue weighted by Crippen LogP contribution is 2.18. The van der Waals surface area contributed by atoms with Crippen LogP contribution < -0.4 is 5.32 Å². The van der Waals surface area contributed by atoms with Gasteiger partial charge in [-0.1, -0.05) is 301 Å². The van der Waals surface area contributed by atoms with Crippen LogP contribution >= 0.6 is 0 Å². The fraction of sp³-hybridized carbons (Fsp3) is 0.917. The lowest BCUT2D eigenvalue weighted by Crippen LogP contribution is -2.46. The Hall–Kier alpha value is -1.17. The van der Waals surface area contributed by atoms with E-state index < -0.39 is 18.2 Å². The van der Waals surface area contributed by atoms with Gasteiger partial charge in [0.05, 0.1) is 31.3 Å². The SMILES string of the molecule is CCCCCCCCCCCCCCC/C=C\C/C=C\CCCCCCCCCCCCCCCCCC(O)CC(=O)NC(CO)C(O)CCCCCCCCCCCCCCCCC. The van der Waals surface area contributed by atoms with Crippen LogP contribution in [0.4, 0.5) is 0 Å². The van der Waals surface area contributed by atoms with Crippen LogP contribution in [0.1, 0.15) is 328 Å². The topological polar surface area (TPSA) is 89.8 Å². The summed E-state index contributed by atoms with van der Waals surface area (Å²) in [6.45, 7) is 4.29. The maximum atomic E-state index is 12.5. The van der Waals surface area contributed by atoms with E-state index in [-0.39, 0.29) is 18.9 Å². The number of allylic oxidation sites excluding steroid dienone is 4. The largest absolute Gasteiger partial charge is 0.394 e. The Morgan fingerprint density at radius 3 is 0.969 bits per heavy atom. The Labute approximate surface area is 407 Å². The van der Waals surface area contributed by atoms with E-state index in [0.717, 1.165) is 32.1 Å². The number of rotatable bonds is 55. The molecule has 3 atom stereocenters. The quantitative estimate of drug-likeness (QED) is 0.0361. The van der Waals surface area contributed by atoms with E-state index in [0.29, 0.717) is 12.8 Å². The van der Waals surface area contributed by atoms with Crippen molar-refractivity contribution in [1.82, 2.24) is 5.32 Å². The zero-order valence-corrected chi connectivity index (χ0v) is 44.1. The Balaban J connectivity index is 3.47. The van der Waals surface area contributed by atoms with Gasteiger partial charge < -0.3 is 20.6 Å². The third kappa shape index (κ3) is 52.1. The van der Waals surface area contributed by atoms with Gasteiger partial charge in [-0.05, 0) is 44.9 Å². The van der Waals surface area contributed by atoms with Crippen molar-refractivity contribution in [2.75, 3.05) is 6.61 Å². The van der Waals surface area contributed by atoms with Crippen LogP contribution in [0.25, 0.3) is 0 Å². The van der Waals surface area contributed by atoms with Gasteiger partial charge in [-0.15, -0.1) is 0 Å². The van der Waals surface area contributed by atoms with Crippen molar-refractivity contribution >= 4 is 5.91 Å². The van der Waals surface area contributed by atoms with Crippen molar-refractivity contribution in [3.8, 4) is 0 Å². The second kappa shape index (κ2) is 55.4. The lowest BCUT2D eigenvalue weighted by molar-refractivity contribution is -0.125. The average molecular weight is 917 g/mol. The molecule has 5 nitrogen and oxygen atoms in total. The molecule has 0 aromatic rings. The molecule has 0 bridgehead atoms. The fourth-order valence-corrected chi connectivity index (χ4v) is 9.50. The number of nitrogens with one attached hydrogen (secondary N) is 1. The van der Waals surface area contributed by atoms with E-state index in [2.05, 4.69) is 43.5 Å². The van der Waals surface area contributed by atoms with E-state index in [1.807, 2.05) is 0 Å². The van der Waals surface area contributed by atoms with Crippen molar-refractivity contribution in [2.24, 2.45) is 0 Å². The predicted octanol–water partition coefficient (Wildman–Crippen LogP) is 18.5. The third-order valence-electron chi connectivity index (χ3n) is 14.0. The molecule has 1 amide bonds. The molecule has 0 spiro atoms. The summed E-state index contributed by atoms with van der Waals surface area (Å²) in [6, 6.07) is -0.657. The van der Waals surface area contributed by atoms with Crippen molar-refractivity contribution in [3.63, 3.8) is 0 Å². The first-order chi connectivity index (χ1) is 32.0. The molecule has 386 valence electrons. The normalized spacial score (nSPS) is 13.4. The first-order valence-corrected chi connectivity index (χ1v) is 29.6. The third-order valence-corrected chi connectivity index (χ3v) is 14.0. The Morgan fingerprint density at radius 2 is 0.662 bits per heavy atom. The monoisotopic (exact) mass is 916 g/mol. The van der Waals surface area contributed by atoms with Gasteiger partial charge >= 0.3 is 0 Å². The van der Waals surface area contributed by atoms with E-state index in [1.165, 1.54) is 263 Å². The van der Waals surface area contributed by atoms with Crippen molar-refractivity contribution in [2.45, 2.75) is 347 Å². The lowest BCUT2D eigenvalue weighted by atomic mass is 10.0. The summed E-state index contributed by atoms with van der Waals surface area (Å²) in [4.78, 5) is 12.5. The van der Waals surface area contributed by atoms with Crippen molar-refractivity contribution in [3.05, 3.63) is 24.3 Å². The molecule has 3 unspecified atom stereocenters. The Bertz CT molecular complexity index is 967. The van der Waals surface area contributed by atoms with Crippen LogP contribution in [-0.2, 0) is 4.79 Å². The minimum atomic E-state index is -0.748. The van der Waals surface area contributed by atoms with Gasteiger partial charge in [0.15, 0.2) is 0 Å². The number of unbranched alkanes of at least 4 members (excludes halogenated alkanes) is 42. The molecular formula is C60H117NO4. The molecule has 4 N–H and O–H groups in total. The summed E-state index contributed by atoms with van der Waals surface area (Å²) in [6.07, 6.45) is 70.7. The van der Waals surface area contributed by atoms with Crippen LogP contribution in [-0.4, -0.2) is 46.1 Å². The zero-order chi connectivity index (χ0) is 47.2. The van der Waals surface area contributed by atoms with E-state index >= 15 is 0 Å². The minimum absolute atomic E-state index is 0.0393. The number of aliphatic hydroxyl groups is 3. The zero-order valence-electron chi connectivity index (χ0n) is 44.1.